The van der Waals surface area contributed by atoms with Crippen molar-refractivity contribution in [1.29, 1.82) is 0 Å². The number of benzene rings is 3. The number of carbonyl (C=O) groups excluding carboxylic acids is 8. The van der Waals surface area contributed by atoms with Gasteiger partial charge in [0.15, 0.2) is 5.82 Å². The lowest BCUT2D eigenvalue weighted by molar-refractivity contribution is -0.144. The summed E-state index contributed by atoms with van der Waals surface area (Å²) in [5.41, 5.74) is 5.79. The number of piperidine rings is 4. The number of imidazole rings is 1. The average molecular weight is 1210 g/mol. The van der Waals surface area contributed by atoms with Crippen molar-refractivity contribution in [1.82, 2.24) is 44.8 Å². The first kappa shape index (κ1) is 59.9. The van der Waals surface area contributed by atoms with Crippen LogP contribution in [0.15, 0.2) is 60.9 Å². The smallest absolute Gasteiger partial charge is 0.264 e. The van der Waals surface area contributed by atoms with E-state index < -0.39 is 40.9 Å². The van der Waals surface area contributed by atoms with Gasteiger partial charge in [-0.05, 0) is 179 Å². The van der Waals surface area contributed by atoms with Crippen LogP contribution in [-0.2, 0) is 29.4 Å². The van der Waals surface area contributed by atoms with Crippen LogP contribution in [0.5, 0.6) is 0 Å². The van der Waals surface area contributed by atoms with E-state index in [4.69, 9.17) is 9.97 Å². The Labute approximate surface area is 518 Å². The first-order chi connectivity index (χ1) is 42.8. The van der Waals surface area contributed by atoms with Gasteiger partial charge in [-0.25, -0.2) is 14.4 Å². The molecule has 8 heterocycles. The fourth-order valence-corrected chi connectivity index (χ4v) is 15.8. The third-order valence-electron chi connectivity index (χ3n) is 20.9. The fourth-order valence-electron chi connectivity index (χ4n) is 15.8. The van der Waals surface area contributed by atoms with Crippen LogP contribution in [0.25, 0.3) is 22.3 Å². The van der Waals surface area contributed by atoms with Crippen LogP contribution in [0.4, 0.5) is 27.3 Å². The first-order valence-corrected chi connectivity index (χ1v) is 32.4. The summed E-state index contributed by atoms with van der Waals surface area (Å²) in [6.07, 6.45) is 12.1. The van der Waals surface area contributed by atoms with Gasteiger partial charge in [0.25, 0.3) is 17.7 Å². The number of hydrogen-bond donors (Lipinski definition) is 3. The van der Waals surface area contributed by atoms with Gasteiger partial charge in [0.05, 0.1) is 45.5 Å². The number of rotatable bonds is 13. The number of hydrogen-bond acceptors (Lipinski definition) is 13. The molecule has 6 fully saturated rings. The molecular formula is C68H81FN12O8. The van der Waals surface area contributed by atoms with E-state index in [2.05, 4.69) is 37.9 Å². The van der Waals surface area contributed by atoms with E-state index in [0.29, 0.717) is 123 Å². The Balaban J connectivity index is 0.679. The SMILES string of the molecule is Cc1cc(F)c(Nc2nc(-c3ccc4c(c3)N(C3CC(N5CCCCC5)C3)C(=O)C43CCN(C(=O)C4CCN(C(=O)C5CCC(N(C)c6cccc7c6C(=O)N(C6CCC(=O)NC6=O)C7=O)CC5)CC4)CC3)cc3ncn(C(C)C)c23)cc1C(=O)NC(C)C. The largest absolute Gasteiger partial charge is 0.371 e. The van der Waals surface area contributed by atoms with E-state index in [1.807, 2.05) is 72.2 Å². The molecule has 1 spiro atoms. The Hall–Kier alpha value is -8.07. The minimum Gasteiger partial charge on any atom is -0.371 e. The average Bonchev–Trinajstić information content (AvgIpc) is 1.63. The minimum absolute atomic E-state index is 0.00117. The summed E-state index contributed by atoms with van der Waals surface area (Å²) in [5.74, 6) is -2.75. The van der Waals surface area contributed by atoms with Gasteiger partial charge in [-0.2, -0.15) is 0 Å². The highest BCUT2D eigenvalue weighted by atomic mass is 19.1. The second-order valence-electron chi connectivity index (χ2n) is 26.9. The van der Waals surface area contributed by atoms with E-state index in [1.54, 1.807) is 25.4 Å². The number of likely N-dealkylation sites (tertiary alicyclic amines) is 3. The summed E-state index contributed by atoms with van der Waals surface area (Å²) < 4.78 is 18.0. The molecular weight excluding hydrogens is 1130 g/mol. The Morgan fingerprint density at radius 3 is 2.15 bits per heavy atom. The van der Waals surface area contributed by atoms with Gasteiger partial charge in [-0.1, -0.05) is 24.6 Å². The number of aryl methyl sites for hydroxylation is 1. The van der Waals surface area contributed by atoms with E-state index in [1.165, 1.54) is 31.4 Å². The summed E-state index contributed by atoms with van der Waals surface area (Å²) in [6, 6.07) is 15.5. The Bertz CT molecular complexity index is 3710. The number of nitrogens with one attached hydrogen (secondary N) is 3. The molecule has 20 nitrogen and oxygen atoms in total. The maximum atomic E-state index is 16.0. The van der Waals surface area contributed by atoms with Crippen molar-refractivity contribution >= 4 is 81.2 Å². The predicted molar refractivity (Wildman–Crippen MR) is 334 cm³/mol. The highest BCUT2D eigenvalue weighted by Crippen LogP contribution is 2.53. The van der Waals surface area contributed by atoms with Gasteiger partial charge >= 0.3 is 0 Å². The van der Waals surface area contributed by atoms with Crippen LogP contribution in [0.1, 0.15) is 172 Å². The Morgan fingerprint density at radius 2 is 1.46 bits per heavy atom. The van der Waals surface area contributed by atoms with Crippen LogP contribution in [0.3, 0.4) is 0 Å². The van der Waals surface area contributed by atoms with E-state index in [-0.39, 0.29) is 89.3 Å². The van der Waals surface area contributed by atoms with E-state index >= 15 is 9.18 Å². The van der Waals surface area contributed by atoms with Gasteiger partial charge in [-0.15, -0.1) is 0 Å². The molecule has 6 aliphatic heterocycles. The number of nitrogens with zero attached hydrogens (tertiary/aromatic N) is 9. The zero-order valence-electron chi connectivity index (χ0n) is 51.9. The standard InChI is InChI=1S/C68H81FN12O8/c1-38(2)71-61(83)48-35-52(50(69)31-40(48)5)73-60-59-53(70-37-79(59)39(3)4)36-51(72-60)43-15-18-49-56(32-43)80(46-33-45(34-46)76-25-8-7-9-26-76)67(89)68(49)23-29-78(30-24-68)64(86)42-21-27-77(28-22-42)63(85)41-13-16-44(17-14-41)75(6)54-12-10-11-47-58(54)66(88)81(65(47)87)55-19-20-57(82)74-62(55)84/h10-12,15,18,31-32,35-39,41-42,44-46,55H,7-9,13-14,16-17,19-30,33-34H2,1-6H3,(H,71,83)(H,72,73)(H,74,82,84). The van der Waals surface area contributed by atoms with Crippen molar-refractivity contribution in [2.45, 2.75) is 173 Å². The monoisotopic (exact) mass is 1210 g/mol. The van der Waals surface area contributed by atoms with Gasteiger partial charge in [0.2, 0.25) is 29.5 Å². The number of halogens is 1. The van der Waals surface area contributed by atoms with Crippen LogP contribution >= 0.6 is 0 Å². The molecule has 1 atom stereocenters. The lowest BCUT2D eigenvalue weighted by Crippen LogP contribution is -2.58. The summed E-state index contributed by atoms with van der Waals surface area (Å²) in [4.78, 5) is 131. The number of anilines is 4. The zero-order chi connectivity index (χ0) is 62.3. The van der Waals surface area contributed by atoms with Crippen LogP contribution < -0.4 is 25.8 Å². The maximum Gasteiger partial charge on any atom is 0.264 e. The normalized spacial score (nSPS) is 24.0. The second-order valence-corrected chi connectivity index (χ2v) is 26.9. The Morgan fingerprint density at radius 1 is 0.764 bits per heavy atom. The molecule has 8 aliphatic rings. The quantitative estimate of drug-likeness (QED) is 0.0942. The van der Waals surface area contributed by atoms with Crippen molar-refractivity contribution in [2.24, 2.45) is 11.8 Å². The highest BCUT2D eigenvalue weighted by Gasteiger charge is 2.56. The molecule has 0 radical (unpaired) electrons. The number of pyridine rings is 1. The minimum atomic E-state index is -1.05. The molecule has 21 heteroatoms. The molecule has 8 amide bonds. The van der Waals surface area contributed by atoms with Crippen molar-refractivity contribution in [3.05, 3.63) is 94.6 Å². The molecule has 89 heavy (non-hydrogen) atoms. The third kappa shape index (κ3) is 10.7. The van der Waals surface area contributed by atoms with E-state index in [0.717, 1.165) is 47.6 Å². The van der Waals surface area contributed by atoms with Crippen molar-refractivity contribution in [3.8, 4) is 11.3 Å². The summed E-state index contributed by atoms with van der Waals surface area (Å²) in [7, 11) is 1.90. The molecule has 3 N–H and O–H groups in total. The topological polar surface area (TPSA) is 223 Å². The van der Waals surface area contributed by atoms with Gasteiger partial charge in [0, 0.05) is 98.5 Å². The molecule has 2 saturated carbocycles. The number of imide groups is 2. The molecule has 5 aromatic rings. The van der Waals surface area contributed by atoms with Gasteiger partial charge in [0.1, 0.15) is 17.4 Å². The molecule has 2 aliphatic carbocycles. The third-order valence-corrected chi connectivity index (χ3v) is 20.9. The van der Waals surface area contributed by atoms with Gasteiger partial charge < -0.3 is 39.7 Å². The second kappa shape index (κ2) is 23.7. The lowest BCUT2D eigenvalue weighted by Gasteiger charge is -2.48. The van der Waals surface area contributed by atoms with Crippen molar-refractivity contribution in [2.75, 3.05) is 61.4 Å². The number of carbonyl (C=O) groups is 8. The van der Waals surface area contributed by atoms with Gasteiger partial charge in [-0.3, -0.25) is 48.6 Å². The molecule has 1 unspecified atom stereocenters. The number of fused-ring (bicyclic) bond motifs is 4. The first-order valence-electron chi connectivity index (χ1n) is 32.4. The summed E-state index contributed by atoms with van der Waals surface area (Å²) >= 11 is 0. The Kier molecular flexibility index (Phi) is 15.9. The number of aromatic nitrogens is 3. The van der Waals surface area contributed by atoms with Crippen LogP contribution in [0, 0.1) is 24.6 Å². The summed E-state index contributed by atoms with van der Waals surface area (Å²) in [6.45, 7) is 13.6. The zero-order valence-corrected chi connectivity index (χ0v) is 51.9. The molecule has 3 aromatic carbocycles. The molecule has 13 rings (SSSR count). The maximum absolute atomic E-state index is 16.0. The predicted octanol–water partition coefficient (Wildman–Crippen LogP) is 8.57. The molecule has 4 saturated heterocycles. The van der Waals surface area contributed by atoms with Crippen LogP contribution in [-0.4, -0.2) is 158 Å². The number of amides is 8. The molecule has 468 valence electrons. The molecule has 0 bridgehead atoms. The van der Waals surface area contributed by atoms with E-state index in [9.17, 15) is 33.6 Å². The van der Waals surface area contributed by atoms with Crippen molar-refractivity contribution < 1.29 is 42.7 Å². The summed E-state index contributed by atoms with van der Waals surface area (Å²) in [5, 5.41) is 8.46. The lowest BCUT2D eigenvalue weighted by atomic mass is 9.73. The highest BCUT2D eigenvalue weighted by molar-refractivity contribution is 6.25. The fraction of sp³-hybridized carbons (Fsp3) is 0.529. The molecule has 2 aromatic heterocycles. The van der Waals surface area contributed by atoms with Crippen LogP contribution in [0.2, 0.25) is 0 Å². The van der Waals surface area contributed by atoms with Crippen molar-refractivity contribution in [3.63, 3.8) is 0 Å².